The molecule has 3 amide bonds. The first kappa shape index (κ1) is 26.6. The minimum absolute atomic E-state index is 0.102. The Kier molecular flexibility index (Phi) is 9.51. The first-order valence-electron chi connectivity index (χ1n) is 12.4. The quantitative estimate of drug-likeness (QED) is 0.358. The van der Waals surface area contributed by atoms with Gasteiger partial charge in [-0.2, -0.15) is 0 Å². The van der Waals surface area contributed by atoms with Crippen LogP contribution in [0.3, 0.4) is 0 Å². The lowest BCUT2D eigenvalue weighted by Crippen LogP contribution is -2.46. The average Bonchev–Trinajstić information content (AvgIpc) is 3.60. The molecular formula is C28H32FN3O4S. The third-order valence-electron chi connectivity index (χ3n) is 6.04. The molecule has 1 saturated heterocycles. The van der Waals surface area contributed by atoms with E-state index in [4.69, 9.17) is 9.47 Å². The lowest BCUT2D eigenvalue weighted by Gasteiger charge is -2.29. The zero-order valence-electron chi connectivity index (χ0n) is 20.9. The smallest absolute Gasteiger partial charge is 0.322 e. The monoisotopic (exact) mass is 525 g/mol. The first-order valence-corrected chi connectivity index (χ1v) is 13.3. The summed E-state index contributed by atoms with van der Waals surface area (Å²) in [5.74, 6) is 0.197. The zero-order chi connectivity index (χ0) is 26.0. The second-order valence-corrected chi connectivity index (χ2v) is 9.89. The topological polar surface area (TPSA) is 71.1 Å². The second-order valence-electron chi connectivity index (χ2n) is 8.86. The van der Waals surface area contributed by atoms with Gasteiger partial charge in [0.25, 0.3) is 0 Å². The fraction of sp³-hybridized carbons (Fsp3) is 0.357. The fourth-order valence-electron chi connectivity index (χ4n) is 4.15. The summed E-state index contributed by atoms with van der Waals surface area (Å²) in [7, 11) is 0. The standard InChI is InChI=1S/C28H32FN3O4S/c1-2-35-24-13-11-23(12-14-24)30-28(34)32(18-25-5-3-15-36-25)20-27(33)31(19-26-6-4-16-37-26)17-21-7-9-22(29)10-8-21/h4,6-14,16,25H,2-3,5,15,17-20H2,1H3,(H,30,34)/t25-/m1/s1. The summed E-state index contributed by atoms with van der Waals surface area (Å²) in [4.78, 5) is 31.1. The molecule has 0 bridgehead atoms. The Morgan fingerprint density at radius 2 is 1.86 bits per heavy atom. The van der Waals surface area contributed by atoms with Crippen LogP contribution in [0.1, 0.15) is 30.2 Å². The molecule has 2 aromatic carbocycles. The third kappa shape index (κ3) is 8.03. The van der Waals surface area contributed by atoms with E-state index in [-0.39, 0.29) is 30.4 Å². The largest absolute Gasteiger partial charge is 0.494 e. The van der Waals surface area contributed by atoms with Crippen molar-refractivity contribution in [3.63, 3.8) is 0 Å². The maximum atomic E-state index is 13.6. The Hall–Kier alpha value is -3.43. The number of hydrogen-bond donors (Lipinski definition) is 1. The number of amides is 3. The highest BCUT2D eigenvalue weighted by atomic mass is 32.1. The molecule has 37 heavy (non-hydrogen) atoms. The molecule has 1 aromatic heterocycles. The predicted octanol–water partition coefficient (Wildman–Crippen LogP) is 5.53. The molecule has 1 aliphatic heterocycles. The van der Waals surface area contributed by atoms with E-state index in [0.717, 1.165) is 29.0 Å². The molecule has 9 heteroatoms. The van der Waals surface area contributed by atoms with Crippen LogP contribution in [0.2, 0.25) is 0 Å². The number of halogens is 1. The van der Waals surface area contributed by atoms with E-state index >= 15 is 0 Å². The van der Waals surface area contributed by atoms with Crippen LogP contribution in [0.5, 0.6) is 5.75 Å². The molecule has 1 atom stereocenters. The first-order chi connectivity index (χ1) is 18.0. The van der Waals surface area contributed by atoms with Gasteiger partial charge in [-0.05, 0) is 73.2 Å². The average molecular weight is 526 g/mol. The zero-order valence-corrected chi connectivity index (χ0v) is 21.7. The van der Waals surface area contributed by atoms with Crippen molar-refractivity contribution >= 4 is 29.0 Å². The molecule has 0 spiro atoms. The van der Waals surface area contributed by atoms with E-state index < -0.39 is 0 Å². The van der Waals surface area contributed by atoms with Gasteiger partial charge in [-0.25, -0.2) is 9.18 Å². The number of urea groups is 1. The highest BCUT2D eigenvalue weighted by Gasteiger charge is 2.27. The van der Waals surface area contributed by atoms with Crippen LogP contribution in [0.4, 0.5) is 14.9 Å². The molecule has 3 aromatic rings. The maximum absolute atomic E-state index is 13.6. The Morgan fingerprint density at radius 3 is 2.51 bits per heavy atom. The van der Waals surface area contributed by atoms with Gasteiger partial charge in [0.05, 0.1) is 19.3 Å². The SMILES string of the molecule is CCOc1ccc(NC(=O)N(CC(=O)N(Cc2ccc(F)cc2)Cc2cccs2)C[C@H]2CCCO2)cc1. The number of ether oxygens (including phenoxy) is 2. The molecule has 0 saturated carbocycles. The van der Waals surface area contributed by atoms with Gasteiger partial charge < -0.3 is 24.6 Å². The highest BCUT2D eigenvalue weighted by Crippen LogP contribution is 2.19. The van der Waals surface area contributed by atoms with Crippen molar-refractivity contribution in [3.8, 4) is 5.75 Å². The van der Waals surface area contributed by atoms with Crippen LogP contribution >= 0.6 is 11.3 Å². The van der Waals surface area contributed by atoms with Crippen molar-refractivity contribution in [2.45, 2.75) is 39.0 Å². The maximum Gasteiger partial charge on any atom is 0.322 e. The number of anilines is 1. The van der Waals surface area contributed by atoms with Gasteiger partial charge in [-0.15, -0.1) is 11.3 Å². The van der Waals surface area contributed by atoms with Gasteiger partial charge in [-0.1, -0.05) is 18.2 Å². The number of thiophene rings is 1. The molecule has 7 nitrogen and oxygen atoms in total. The van der Waals surface area contributed by atoms with Crippen molar-refractivity contribution in [3.05, 3.63) is 82.3 Å². The van der Waals surface area contributed by atoms with E-state index in [2.05, 4.69) is 5.32 Å². The Balaban J connectivity index is 1.48. The van der Waals surface area contributed by atoms with Gasteiger partial charge >= 0.3 is 6.03 Å². The van der Waals surface area contributed by atoms with E-state index in [0.29, 0.717) is 38.5 Å². The van der Waals surface area contributed by atoms with Gasteiger partial charge in [0.2, 0.25) is 5.91 Å². The van der Waals surface area contributed by atoms with Gasteiger partial charge in [-0.3, -0.25) is 4.79 Å². The van der Waals surface area contributed by atoms with Crippen LogP contribution in [-0.4, -0.2) is 54.1 Å². The normalized spacial score (nSPS) is 14.8. The predicted molar refractivity (Wildman–Crippen MR) is 142 cm³/mol. The lowest BCUT2D eigenvalue weighted by molar-refractivity contribution is -0.133. The van der Waals surface area contributed by atoms with Crippen molar-refractivity contribution in [1.29, 1.82) is 0 Å². The second kappa shape index (κ2) is 13.2. The highest BCUT2D eigenvalue weighted by molar-refractivity contribution is 7.09. The number of carbonyl (C=O) groups excluding carboxylic acids is 2. The fourth-order valence-corrected chi connectivity index (χ4v) is 4.87. The summed E-state index contributed by atoms with van der Waals surface area (Å²) in [6.07, 6.45) is 1.67. The number of benzene rings is 2. The summed E-state index contributed by atoms with van der Waals surface area (Å²) in [6, 6.07) is 16.8. The minimum atomic E-state index is -0.370. The van der Waals surface area contributed by atoms with Crippen LogP contribution in [0, 0.1) is 5.82 Å². The number of nitrogens with one attached hydrogen (secondary N) is 1. The van der Waals surface area contributed by atoms with Crippen molar-refractivity contribution in [2.75, 3.05) is 31.6 Å². The molecule has 1 aliphatic rings. The van der Waals surface area contributed by atoms with Crippen LogP contribution in [0.25, 0.3) is 0 Å². The minimum Gasteiger partial charge on any atom is -0.494 e. The summed E-state index contributed by atoms with van der Waals surface area (Å²) < 4.78 is 24.7. The number of carbonyl (C=O) groups is 2. The van der Waals surface area contributed by atoms with E-state index in [1.807, 2.05) is 24.4 Å². The summed E-state index contributed by atoms with van der Waals surface area (Å²) in [5.41, 5.74) is 1.43. The Morgan fingerprint density at radius 1 is 1.08 bits per heavy atom. The molecule has 4 rings (SSSR count). The van der Waals surface area contributed by atoms with Gasteiger partial charge in [0.1, 0.15) is 18.1 Å². The van der Waals surface area contributed by atoms with Crippen LogP contribution in [0.15, 0.2) is 66.0 Å². The number of hydrogen-bond acceptors (Lipinski definition) is 5. The molecule has 2 heterocycles. The van der Waals surface area contributed by atoms with Gasteiger partial charge in [0.15, 0.2) is 0 Å². The van der Waals surface area contributed by atoms with E-state index in [1.54, 1.807) is 52.6 Å². The van der Waals surface area contributed by atoms with Crippen LogP contribution in [-0.2, 0) is 22.6 Å². The van der Waals surface area contributed by atoms with E-state index in [1.165, 1.54) is 17.0 Å². The molecule has 0 unspecified atom stereocenters. The molecule has 1 fully saturated rings. The van der Waals surface area contributed by atoms with Crippen molar-refractivity contribution < 1.29 is 23.5 Å². The van der Waals surface area contributed by atoms with E-state index in [9.17, 15) is 14.0 Å². The molecule has 1 N–H and O–H groups in total. The number of nitrogens with zero attached hydrogens (tertiary/aromatic N) is 2. The number of rotatable bonds is 11. The lowest BCUT2D eigenvalue weighted by atomic mass is 10.2. The van der Waals surface area contributed by atoms with Crippen LogP contribution < -0.4 is 10.1 Å². The molecule has 0 aliphatic carbocycles. The summed E-state index contributed by atoms with van der Waals surface area (Å²) >= 11 is 1.56. The third-order valence-corrected chi connectivity index (χ3v) is 6.91. The Labute approximate surface area is 220 Å². The van der Waals surface area contributed by atoms with Crippen molar-refractivity contribution in [2.24, 2.45) is 0 Å². The van der Waals surface area contributed by atoms with Crippen molar-refractivity contribution in [1.82, 2.24) is 9.80 Å². The summed E-state index contributed by atoms with van der Waals surface area (Å²) in [6.45, 7) is 4.05. The van der Waals surface area contributed by atoms with Gasteiger partial charge in [0, 0.05) is 30.3 Å². The molecular weight excluding hydrogens is 493 g/mol. The Bertz CT molecular complexity index is 1130. The molecule has 196 valence electrons. The summed E-state index contributed by atoms with van der Waals surface area (Å²) in [5, 5.41) is 4.86. The molecule has 0 radical (unpaired) electrons.